The SMILES string of the molecule is CC1(C)COC(c2cc(C(=O)O)c(Cl)n3cncc23)OC1. The van der Waals surface area contributed by atoms with Gasteiger partial charge in [0, 0.05) is 11.0 Å². The quantitative estimate of drug-likeness (QED) is 0.863. The van der Waals surface area contributed by atoms with Crippen molar-refractivity contribution in [2.75, 3.05) is 13.2 Å². The number of imidazole rings is 1. The highest BCUT2D eigenvalue weighted by Crippen LogP contribution is 2.35. The topological polar surface area (TPSA) is 73.1 Å². The van der Waals surface area contributed by atoms with Crippen molar-refractivity contribution >= 4 is 23.1 Å². The van der Waals surface area contributed by atoms with E-state index in [1.165, 1.54) is 16.8 Å². The van der Waals surface area contributed by atoms with Crippen molar-refractivity contribution in [2.45, 2.75) is 20.1 Å². The van der Waals surface area contributed by atoms with E-state index >= 15 is 0 Å². The van der Waals surface area contributed by atoms with Gasteiger partial charge in [0.05, 0.1) is 30.5 Å². The van der Waals surface area contributed by atoms with Gasteiger partial charge in [-0.15, -0.1) is 0 Å². The number of rotatable bonds is 2. The fourth-order valence-electron chi connectivity index (χ4n) is 2.29. The maximum atomic E-state index is 11.3. The van der Waals surface area contributed by atoms with Gasteiger partial charge in [-0.3, -0.25) is 4.40 Å². The number of hydrogen-bond acceptors (Lipinski definition) is 4. The van der Waals surface area contributed by atoms with Crippen LogP contribution >= 0.6 is 11.6 Å². The van der Waals surface area contributed by atoms with Gasteiger partial charge in [0.15, 0.2) is 6.29 Å². The van der Waals surface area contributed by atoms with Gasteiger partial charge in [-0.2, -0.15) is 0 Å². The molecule has 0 amide bonds. The van der Waals surface area contributed by atoms with Crippen LogP contribution in [0, 0.1) is 5.41 Å². The van der Waals surface area contributed by atoms with Gasteiger partial charge in [-0.05, 0) is 6.07 Å². The zero-order valence-electron chi connectivity index (χ0n) is 11.7. The Hall–Kier alpha value is -1.63. The number of aromatic nitrogens is 2. The fraction of sp³-hybridized carbons (Fsp3) is 0.429. The van der Waals surface area contributed by atoms with Gasteiger partial charge in [0.25, 0.3) is 0 Å². The lowest BCUT2D eigenvalue weighted by molar-refractivity contribution is -0.225. The second kappa shape index (κ2) is 4.98. The van der Waals surface area contributed by atoms with E-state index in [0.29, 0.717) is 24.3 Å². The number of nitrogens with zero attached hydrogens (tertiary/aromatic N) is 2. The number of ether oxygens (including phenoxy) is 2. The van der Waals surface area contributed by atoms with E-state index in [9.17, 15) is 9.90 Å². The summed E-state index contributed by atoms with van der Waals surface area (Å²) < 4.78 is 13.0. The second-order valence-corrected chi connectivity index (χ2v) is 6.23. The molecule has 1 aliphatic heterocycles. The molecule has 0 bridgehead atoms. The van der Waals surface area contributed by atoms with Gasteiger partial charge in [0.1, 0.15) is 11.5 Å². The maximum absolute atomic E-state index is 11.3. The summed E-state index contributed by atoms with van der Waals surface area (Å²) in [6.07, 6.45) is 2.47. The van der Waals surface area contributed by atoms with E-state index in [1.807, 2.05) is 13.8 Å². The molecule has 0 saturated carbocycles. The Bertz CT molecular complexity index is 700. The molecule has 0 unspecified atom stereocenters. The predicted molar refractivity (Wildman–Crippen MR) is 75.6 cm³/mol. The minimum atomic E-state index is -1.10. The fourth-order valence-corrected chi connectivity index (χ4v) is 2.56. The van der Waals surface area contributed by atoms with Crippen LogP contribution in [0.2, 0.25) is 5.15 Å². The smallest absolute Gasteiger partial charge is 0.338 e. The Labute approximate surface area is 126 Å². The van der Waals surface area contributed by atoms with Crippen LogP contribution in [0.15, 0.2) is 18.6 Å². The number of carboxylic acid groups (broad SMARTS) is 1. The molecule has 21 heavy (non-hydrogen) atoms. The number of carboxylic acids is 1. The molecule has 6 nitrogen and oxygen atoms in total. The third kappa shape index (κ3) is 2.50. The van der Waals surface area contributed by atoms with E-state index in [-0.39, 0.29) is 16.1 Å². The summed E-state index contributed by atoms with van der Waals surface area (Å²) >= 11 is 6.09. The van der Waals surface area contributed by atoms with Crippen LogP contribution in [-0.2, 0) is 9.47 Å². The van der Waals surface area contributed by atoms with E-state index in [0.717, 1.165) is 0 Å². The molecule has 3 heterocycles. The zero-order valence-corrected chi connectivity index (χ0v) is 12.4. The summed E-state index contributed by atoms with van der Waals surface area (Å²) in [7, 11) is 0. The summed E-state index contributed by atoms with van der Waals surface area (Å²) in [5, 5.41) is 9.38. The van der Waals surface area contributed by atoms with Crippen LogP contribution in [0.25, 0.3) is 5.52 Å². The molecule has 112 valence electrons. The molecule has 1 saturated heterocycles. The molecule has 0 spiro atoms. The molecule has 0 aromatic carbocycles. The summed E-state index contributed by atoms with van der Waals surface area (Å²) in [5.41, 5.74) is 1.23. The third-order valence-electron chi connectivity index (χ3n) is 3.40. The zero-order chi connectivity index (χ0) is 15.2. The first-order valence-corrected chi connectivity index (χ1v) is 6.88. The average Bonchev–Trinajstić information content (AvgIpc) is 2.89. The van der Waals surface area contributed by atoms with Gasteiger partial charge < -0.3 is 14.6 Å². The van der Waals surface area contributed by atoms with Crippen LogP contribution in [0.1, 0.15) is 36.1 Å². The van der Waals surface area contributed by atoms with Crippen molar-refractivity contribution in [1.29, 1.82) is 0 Å². The first-order valence-electron chi connectivity index (χ1n) is 6.50. The van der Waals surface area contributed by atoms with Gasteiger partial charge in [-0.25, -0.2) is 9.78 Å². The van der Waals surface area contributed by atoms with Crippen molar-refractivity contribution in [1.82, 2.24) is 9.38 Å². The highest BCUT2D eigenvalue weighted by Gasteiger charge is 2.31. The molecule has 3 rings (SSSR count). The molecule has 0 atom stereocenters. The Kier molecular flexibility index (Phi) is 3.39. The molecule has 1 N–H and O–H groups in total. The molecule has 1 fully saturated rings. The molecular weight excluding hydrogens is 296 g/mol. The Morgan fingerprint density at radius 3 is 2.76 bits per heavy atom. The first kappa shape index (κ1) is 14.3. The van der Waals surface area contributed by atoms with Crippen LogP contribution < -0.4 is 0 Å². The van der Waals surface area contributed by atoms with Crippen molar-refractivity contribution in [2.24, 2.45) is 5.41 Å². The lowest BCUT2D eigenvalue weighted by Crippen LogP contribution is -2.34. The largest absolute Gasteiger partial charge is 0.478 e. The summed E-state index contributed by atoms with van der Waals surface area (Å²) in [6.45, 7) is 5.15. The summed E-state index contributed by atoms with van der Waals surface area (Å²) in [4.78, 5) is 15.3. The standard InChI is InChI=1S/C14H15ClN2O4/c1-14(2)5-20-13(21-6-14)8-3-9(12(18)19)11(15)17-7-16-4-10(8)17/h3-4,7,13H,5-6H2,1-2H3,(H,18,19). The number of hydrogen-bond donors (Lipinski definition) is 1. The number of fused-ring (bicyclic) bond motifs is 1. The molecule has 7 heteroatoms. The van der Waals surface area contributed by atoms with Crippen molar-refractivity contribution in [3.63, 3.8) is 0 Å². The highest BCUT2D eigenvalue weighted by molar-refractivity contribution is 6.32. The number of carbonyl (C=O) groups is 1. The maximum Gasteiger partial charge on any atom is 0.338 e. The highest BCUT2D eigenvalue weighted by atomic mass is 35.5. The monoisotopic (exact) mass is 310 g/mol. The Morgan fingerprint density at radius 1 is 1.48 bits per heavy atom. The summed E-state index contributed by atoms with van der Waals surface area (Å²) in [6, 6.07) is 1.49. The minimum Gasteiger partial charge on any atom is -0.478 e. The number of aromatic carboxylic acids is 1. The number of pyridine rings is 1. The van der Waals surface area contributed by atoms with Crippen LogP contribution in [0.4, 0.5) is 0 Å². The molecule has 0 radical (unpaired) electrons. The van der Waals surface area contributed by atoms with Crippen molar-refractivity contribution < 1.29 is 19.4 Å². The first-order chi connectivity index (χ1) is 9.89. The molecule has 2 aromatic rings. The Balaban J connectivity index is 2.08. The molecule has 2 aromatic heterocycles. The lowest BCUT2D eigenvalue weighted by Gasteiger charge is -2.35. The van der Waals surface area contributed by atoms with E-state index in [2.05, 4.69) is 4.98 Å². The van der Waals surface area contributed by atoms with E-state index < -0.39 is 12.3 Å². The average molecular weight is 311 g/mol. The van der Waals surface area contributed by atoms with Gasteiger partial charge in [0.2, 0.25) is 0 Å². The minimum absolute atomic E-state index is 0.00537. The van der Waals surface area contributed by atoms with Crippen molar-refractivity contribution in [3.8, 4) is 0 Å². The van der Waals surface area contributed by atoms with Crippen LogP contribution in [0.3, 0.4) is 0 Å². The molecular formula is C14H15ClN2O4. The van der Waals surface area contributed by atoms with E-state index in [1.54, 1.807) is 6.20 Å². The third-order valence-corrected chi connectivity index (χ3v) is 3.79. The van der Waals surface area contributed by atoms with Crippen LogP contribution in [-0.4, -0.2) is 33.7 Å². The second-order valence-electron chi connectivity index (χ2n) is 5.88. The van der Waals surface area contributed by atoms with Crippen LogP contribution in [0.5, 0.6) is 0 Å². The molecule has 0 aliphatic carbocycles. The van der Waals surface area contributed by atoms with Gasteiger partial charge >= 0.3 is 5.97 Å². The summed E-state index contributed by atoms with van der Waals surface area (Å²) in [5.74, 6) is -1.10. The Morgan fingerprint density at radius 2 is 2.14 bits per heavy atom. The number of halogens is 1. The van der Waals surface area contributed by atoms with E-state index in [4.69, 9.17) is 21.1 Å². The lowest BCUT2D eigenvalue weighted by atomic mass is 9.95. The molecule has 1 aliphatic rings. The van der Waals surface area contributed by atoms with Gasteiger partial charge in [-0.1, -0.05) is 25.4 Å². The predicted octanol–water partition coefficient (Wildman–Crippen LogP) is 2.76. The van der Waals surface area contributed by atoms with Crippen molar-refractivity contribution in [3.05, 3.63) is 34.9 Å². The normalized spacial score (nSPS) is 19.0.